The van der Waals surface area contributed by atoms with Crippen molar-refractivity contribution >= 4 is 10.3 Å². The van der Waals surface area contributed by atoms with E-state index in [9.17, 15) is 0 Å². The molecule has 0 unspecified atom stereocenters. The molecule has 13 heavy (non-hydrogen) atoms. The topological polar surface area (TPSA) is 3.24 Å². The minimum absolute atomic E-state index is 1.07. The van der Waals surface area contributed by atoms with Gasteiger partial charge in [0, 0.05) is 0 Å². The zero-order chi connectivity index (χ0) is 9.68. The van der Waals surface area contributed by atoms with Crippen molar-refractivity contribution in [3.63, 3.8) is 0 Å². The molecule has 0 aromatic heterocycles. The predicted molar refractivity (Wildman–Crippen MR) is 55.2 cm³/mol. The molecule has 0 bridgehead atoms. The van der Waals surface area contributed by atoms with Crippen LogP contribution in [0.3, 0.4) is 0 Å². The van der Waals surface area contributed by atoms with E-state index in [0.29, 0.717) is 0 Å². The second kappa shape index (κ2) is 5.29. The fraction of sp³-hybridized carbons (Fsp3) is 0.364. The van der Waals surface area contributed by atoms with E-state index in [4.69, 9.17) is 0 Å². The molecular formula is C11H15NRh. The Morgan fingerprint density at radius 3 is 2.08 bits per heavy atom. The van der Waals surface area contributed by atoms with E-state index in [1.165, 1.54) is 11.3 Å². The standard InChI is InChI=1S/C11H15N.Rh/c1-4-12(5-2)11-8-6-10(3)7-9-11;/h3,6-9H,4-5H2,1-2H3;. The van der Waals surface area contributed by atoms with Crippen molar-refractivity contribution in [1.82, 2.24) is 0 Å². The van der Waals surface area contributed by atoms with Crippen molar-refractivity contribution in [3.05, 3.63) is 29.8 Å². The summed E-state index contributed by atoms with van der Waals surface area (Å²) in [5.74, 6) is 0. The number of hydrogen-bond acceptors (Lipinski definition) is 1. The van der Waals surface area contributed by atoms with Gasteiger partial charge in [-0.05, 0) is 0 Å². The minimum atomic E-state index is 1.07. The first-order chi connectivity index (χ1) is 6.31. The van der Waals surface area contributed by atoms with Gasteiger partial charge in [0.2, 0.25) is 0 Å². The van der Waals surface area contributed by atoms with E-state index in [0.717, 1.165) is 13.1 Å². The number of anilines is 1. The fourth-order valence-corrected chi connectivity index (χ4v) is 1.65. The average molecular weight is 264 g/mol. The molecule has 0 atom stereocenters. The summed E-state index contributed by atoms with van der Waals surface area (Å²) in [6.45, 7) is 6.49. The van der Waals surface area contributed by atoms with E-state index in [1.807, 2.05) is 4.61 Å². The Morgan fingerprint density at radius 2 is 1.69 bits per heavy atom. The zero-order valence-corrected chi connectivity index (χ0v) is 9.72. The molecule has 0 heterocycles. The van der Waals surface area contributed by atoms with Crippen molar-refractivity contribution in [2.75, 3.05) is 18.0 Å². The fourth-order valence-electron chi connectivity index (χ4n) is 1.34. The molecule has 1 rings (SSSR count). The monoisotopic (exact) mass is 264 g/mol. The molecule has 0 aliphatic heterocycles. The van der Waals surface area contributed by atoms with Gasteiger partial charge >= 0.3 is 89.8 Å². The Morgan fingerprint density at radius 1 is 1.15 bits per heavy atom. The number of benzene rings is 1. The van der Waals surface area contributed by atoms with Gasteiger partial charge in [-0.1, -0.05) is 0 Å². The van der Waals surface area contributed by atoms with Crippen molar-refractivity contribution < 1.29 is 17.9 Å². The summed E-state index contributed by atoms with van der Waals surface area (Å²) in [6.07, 6.45) is 0. The van der Waals surface area contributed by atoms with E-state index in [1.54, 1.807) is 0 Å². The van der Waals surface area contributed by atoms with Crippen LogP contribution in [0.1, 0.15) is 19.4 Å². The van der Waals surface area contributed by atoms with E-state index in [-0.39, 0.29) is 0 Å². The summed E-state index contributed by atoms with van der Waals surface area (Å²) in [4.78, 5) is 2.34. The van der Waals surface area contributed by atoms with Gasteiger partial charge < -0.3 is 0 Å². The maximum absolute atomic E-state index is 2.80. The van der Waals surface area contributed by atoms with Crippen LogP contribution in [0.15, 0.2) is 24.3 Å². The van der Waals surface area contributed by atoms with Gasteiger partial charge in [-0.15, -0.1) is 0 Å². The third-order valence-corrected chi connectivity index (χ3v) is 2.68. The van der Waals surface area contributed by atoms with Crippen LogP contribution in [0.4, 0.5) is 5.69 Å². The van der Waals surface area contributed by atoms with Crippen LogP contribution in [0.25, 0.3) is 0 Å². The molecule has 0 amide bonds. The summed E-state index contributed by atoms with van der Waals surface area (Å²) in [7, 11) is 0. The predicted octanol–water partition coefficient (Wildman–Crippen LogP) is 2.23. The molecule has 0 fully saturated rings. The second-order valence-corrected chi connectivity index (χ2v) is 3.33. The molecule has 0 saturated carbocycles. The van der Waals surface area contributed by atoms with Crippen LogP contribution in [0, 0.1) is 0 Å². The first kappa shape index (κ1) is 10.6. The molecule has 1 aromatic carbocycles. The third-order valence-electron chi connectivity index (χ3n) is 2.13. The van der Waals surface area contributed by atoms with E-state index >= 15 is 0 Å². The van der Waals surface area contributed by atoms with Gasteiger partial charge in [-0.2, -0.15) is 0 Å². The SMILES string of the molecule is CCN(CC)c1ccc([CH]=[Rh])cc1. The maximum atomic E-state index is 2.80. The zero-order valence-electron chi connectivity index (χ0n) is 8.08. The molecule has 0 aliphatic rings. The first-order valence-corrected chi connectivity index (χ1v) is 5.52. The molecule has 0 aliphatic carbocycles. The molecule has 0 spiro atoms. The number of hydrogen-bond donors (Lipinski definition) is 0. The summed E-state index contributed by atoms with van der Waals surface area (Å²) in [5, 5.41) is 0. The van der Waals surface area contributed by atoms with Gasteiger partial charge in [0.15, 0.2) is 0 Å². The van der Waals surface area contributed by atoms with E-state index < -0.39 is 0 Å². The van der Waals surface area contributed by atoms with Crippen molar-refractivity contribution in [1.29, 1.82) is 0 Å². The Hall–Kier alpha value is -0.487. The van der Waals surface area contributed by atoms with Crippen molar-refractivity contribution in [2.45, 2.75) is 13.8 Å². The van der Waals surface area contributed by atoms with Crippen molar-refractivity contribution in [3.8, 4) is 0 Å². The molecule has 2 heteroatoms. The van der Waals surface area contributed by atoms with E-state index in [2.05, 4.69) is 60.9 Å². The van der Waals surface area contributed by atoms with Gasteiger partial charge in [-0.25, -0.2) is 0 Å². The molecule has 1 aromatic rings. The van der Waals surface area contributed by atoms with Crippen LogP contribution >= 0.6 is 0 Å². The van der Waals surface area contributed by atoms with Crippen LogP contribution in [0.5, 0.6) is 0 Å². The summed E-state index contributed by atoms with van der Waals surface area (Å²) >= 11 is 2.80. The molecule has 1 nitrogen and oxygen atoms in total. The van der Waals surface area contributed by atoms with Crippen LogP contribution in [0.2, 0.25) is 0 Å². The number of rotatable bonds is 4. The Kier molecular flexibility index (Phi) is 4.31. The third kappa shape index (κ3) is 2.74. The summed E-state index contributed by atoms with van der Waals surface area (Å²) in [5.41, 5.74) is 2.54. The van der Waals surface area contributed by atoms with Gasteiger partial charge in [-0.3, -0.25) is 0 Å². The van der Waals surface area contributed by atoms with Crippen LogP contribution in [-0.2, 0) is 17.9 Å². The Labute approximate surface area is 90.0 Å². The average Bonchev–Trinajstić information content (AvgIpc) is 2.21. The second-order valence-electron chi connectivity index (χ2n) is 2.86. The molecule has 0 radical (unpaired) electrons. The quantitative estimate of drug-likeness (QED) is 0.754. The van der Waals surface area contributed by atoms with Crippen LogP contribution < -0.4 is 4.90 Å². The molecule has 0 saturated heterocycles. The Balaban J connectivity index is 2.83. The van der Waals surface area contributed by atoms with Crippen LogP contribution in [-0.4, -0.2) is 17.7 Å². The molecule has 73 valence electrons. The summed E-state index contributed by atoms with van der Waals surface area (Å²) in [6, 6.07) is 8.60. The molecular weight excluding hydrogens is 249 g/mol. The molecule has 0 N–H and O–H groups in total. The first-order valence-electron chi connectivity index (χ1n) is 4.57. The van der Waals surface area contributed by atoms with Crippen molar-refractivity contribution in [2.24, 2.45) is 0 Å². The van der Waals surface area contributed by atoms with Gasteiger partial charge in [0.1, 0.15) is 0 Å². The van der Waals surface area contributed by atoms with Gasteiger partial charge in [0.25, 0.3) is 0 Å². The summed E-state index contributed by atoms with van der Waals surface area (Å²) < 4.78 is 2.01. The number of nitrogens with zero attached hydrogens (tertiary/aromatic N) is 1. The van der Waals surface area contributed by atoms with Gasteiger partial charge in [0.05, 0.1) is 0 Å². The Bertz CT molecular complexity index is 262. The normalized spacial score (nSPS) is 9.77.